The second kappa shape index (κ2) is 7.19. The molecule has 182 valence electrons. The zero-order valence-corrected chi connectivity index (χ0v) is 22.8. The maximum atomic E-state index is 13.4. The Labute approximate surface area is 201 Å². The summed E-state index contributed by atoms with van der Waals surface area (Å²) in [5.41, 5.74) is 1.89. The molecule has 3 nitrogen and oxygen atoms in total. The lowest BCUT2D eigenvalue weighted by molar-refractivity contribution is -0.133. The van der Waals surface area contributed by atoms with Crippen LogP contribution in [0.4, 0.5) is 0 Å². The number of allylic oxidation sites excluding steroid dienone is 2. The average molecular weight is 469 g/mol. The fourth-order valence-electron chi connectivity index (χ4n) is 8.73. The molecule has 1 heterocycles. The number of hydrogen-bond donors (Lipinski definition) is 1. The Kier molecular flexibility index (Phi) is 5.14. The van der Waals surface area contributed by atoms with E-state index >= 15 is 0 Å². The Bertz CT molecular complexity index is 969. The highest BCUT2D eigenvalue weighted by atomic mass is 28.3. The van der Waals surface area contributed by atoms with E-state index < -0.39 is 13.7 Å². The Hall–Kier alpha value is -1.13. The summed E-state index contributed by atoms with van der Waals surface area (Å²) in [7, 11) is -1.77. The molecule has 0 radical (unpaired) electrons. The summed E-state index contributed by atoms with van der Waals surface area (Å²) in [5, 5.41) is 12.2. The molecular formula is C29H44O3Si. The number of hydrogen-bond acceptors (Lipinski definition) is 3. The van der Waals surface area contributed by atoms with Gasteiger partial charge in [-0.2, -0.15) is 0 Å². The molecule has 5 rings (SSSR count). The summed E-state index contributed by atoms with van der Waals surface area (Å²) in [5.74, 6) is 2.27. The van der Waals surface area contributed by atoms with Crippen LogP contribution in [-0.2, 0) is 10.4 Å². The quantitative estimate of drug-likeness (QED) is 0.361. The lowest BCUT2D eigenvalue weighted by atomic mass is 9.46. The first-order valence-electron chi connectivity index (χ1n) is 13.2. The van der Waals surface area contributed by atoms with E-state index in [-0.39, 0.29) is 21.4 Å². The largest absolute Gasteiger partial charge is 0.472 e. The normalized spacial score (nSPS) is 43.5. The highest BCUT2D eigenvalue weighted by Gasteiger charge is 2.65. The summed E-state index contributed by atoms with van der Waals surface area (Å²) in [6.45, 7) is 16.8. The third kappa shape index (κ3) is 3.05. The number of fused-ring (bicyclic) bond motifs is 5. The van der Waals surface area contributed by atoms with Gasteiger partial charge in [0.15, 0.2) is 0 Å². The van der Waals surface area contributed by atoms with Crippen molar-refractivity contribution in [1.82, 2.24) is 0 Å². The number of carbonyl (C=O) groups excluding carboxylic acids is 1. The molecule has 7 atom stereocenters. The molecule has 1 aromatic rings. The van der Waals surface area contributed by atoms with Crippen LogP contribution in [0.25, 0.3) is 0 Å². The van der Waals surface area contributed by atoms with E-state index in [1.165, 1.54) is 5.57 Å². The van der Waals surface area contributed by atoms with Crippen LogP contribution in [0.5, 0.6) is 0 Å². The Morgan fingerprint density at radius 3 is 2.45 bits per heavy atom. The zero-order valence-electron chi connectivity index (χ0n) is 21.8. The van der Waals surface area contributed by atoms with E-state index in [9.17, 15) is 9.90 Å². The molecule has 4 aliphatic rings. The molecule has 0 spiro atoms. The first-order valence-corrected chi connectivity index (χ1v) is 16.3. The summed E-state index contributed by atoms with van der Waals surface area (Å²) in [6.07, 6.45) is 12.9. The first kappa shape index (κ1) is 23.6. The second-order valence-corrected chi connectivity index (χ2v) is 19.6. The predicted molar refractivity (Wildman–Crippen MR) is 136 cm³/mol. The second-order valence-electron chi connectivity index (χ2n) is 14.0. The molecule has 33 heavy (non-hydrogen) atoms. The summed E-state index contributed by atoms with van der Waals surface area (Å²) in [6, 6.07) is 1.97. The third-order valence-electron chi connectivity index (χ3n) is 12.0. The van der Waals surface area contributed by atoms with Gasteiger partial charge >= 0.3 is 0 Å². The van der Waals surface area contributed by atoms with Crippen LogP contribution in [0.3, 0.4) is 0 Å². The van der Waals surface area contributed by atoms with Crippen molar-refractivity contribution < 1.29 is 14.3 Å². The van der Waals surface area contributed by atoms with Crippen LogP contribution in [0.2, 0.25) is 23.7 Å². The van der Waals surface area contributed by atoms with Crippen molar-refractivity contribution in [1.29, 1.82) is 0 Å². The van der Waals surface area contributed by atoms with Crippen molar-refractivity contribution in [2.75, 3.05) is 0 Å². The van der Waals surface area contributed by atoms with Crippen LogP contribution in [0.1, 0.15) is 85.1 Å². The van der Waals surface area contributed by atoms with Gasteiger partial charge in [-0.15, -0.1) is 0 Å². The van der Waals surface area contributed by atoms with Gasteiger partial charge in [0.05, 0.1) is 26.2 Å². The molecule has 4 heteroatoms. The molecule has 0 saturated heterocycles. The van der Waals surface area contributed by atoms with Gasteiger partial charge in [0.2, 0.25) is 0 Å². The minimum absolute atomic E-state index is 0.108. The van der Waals surface area contributed by atoms with E-state index in [2.05, 4.69) is 53.8 Å². The van der Waals surface area contributed by atoms with E-state index in [0.29, 0.717) is 30.0 Å². The van der Waals surface area contributed by atoms with Crippen LogP contribution >= 0.6 is 0 Å². The molecule has 1 N–H and O–H groups in total. The van der Waals surface area contributed by atoms with Gasteiger partial charge in [0.25, 0.3) is 0 Å². The minimum Gasteiger partial charge on any atom is -0.472 e. The summed E-state index contributed by atoms with van der Waals surface area (Å²) < 4.78 is 5.39. The summed E-state index contributed by atoms with van der Waals surface area (Å²) in [4.78, 5) is 13.4. The molecule has 3 fully saturated rings. The van der Waals surface area contributed by atoms with Crippen LogP contribution in [0.15, 0.2) is 34.7 Å². The van der Waals surface area contributed by atoms with Crippen molar-refractivity contribution in [3.8, 4) is 0 Å². The zero-order chi connectivity index (χ0) is 24.0. The molecule has 0 bridgehead atoms. The maximum Gasteiger partial charge on any atom is 0.137 e. The van der Waals surface area contributed by atoms with E-state index in [1.54, 1.807) is 12.5 Å². The number of carbonyl (C=O) groups is 1. The molecule has 1 aromatic heterocycles. The minimum atomic E-state index is -1.77. The van der Waals surface area contributed by atoms with Crippen molar-refractivity contribution >= 4 is 13.9 Å². The van der Waals surface area contributed by atoms with Gasteiger partial charge in [0.1, 0.15) is 5.78 Å². The van der Waals surface area contributed by atoms with Gasteiger partial charge in [-0.25, -0.2) is 0 Å². The van der Waals surface area contributed by atoms with Crippen LogP contribution in [0, 0.1) is 28.6 Å². The molecule has 4 aliphatic carbocycles. The third-order valence-corrected chi connectivity index (χ3v) is 18.1. The van der Waals surface area contributed by atoms with Gasteiger partial charge in [0, 0.05) is 22.9 Å². The highest BCUT2D eigenvalue weighted by molar-refractivity contribution is 6.84. The Balaban J connectivity index is 1.49. The molecule has 0 aliphatic heterocycles. The smallest absolute Gasteiger partial charge is 0.137 e. The highest BCUT2D eigenvalue weighted by Crippen LogP contribution is 2.70. The number of Topliss-reactive ketones (excluding diaryl/α,β-unsaturated/α-hetero) is 1. The molecule has 0 aromatic carbocycles. The van der Waals surface area contributed by atoms with E-state index in [4.69, 9.17) is 4.42 Å². The Morgan fingerprint density at radius 2 is 1.82 bits per heavy atom. The first-order chi connectivity index (χ1) is 15.3. The Morgan fingerprint density at radius 1 is 1.12 bits per heavy atom. The molecule has 3 saturated carbocycles. The number of aliphatic hydroxyl groups is 1. The fourth-order valence-corrected chi connectivity index (χ4v) is 11.6. The topological polar surface area (TPSA) is 50.4 Å². The number of rotatable bonds is 2. The molecule has 2 unspecified atom stereocenters. The fraction of sp³-hybridized carbons (Fsp3) is 0.759. The van der Waals surface area contributed by atoms with Crippen molar-refractivity contribution in [2.45, 2.75) is 109 Å². The lowest BCUT2D eigenvalue weighted by Crippen LogP contribution is -2.56. The molecular weight excluding hydrogens is 424 g/mol. The lowest BCUT2D eigenvalue weighted by Gasteiger charge is -2.60. The standard InChI is InChI=1S/C29H44O3Si/c1-26(2,3)33(6,7)25-17-27(4)19(16-24(25)30)8-9-21-22(27)10-13-28(5)23(21)11-14-29(28,31)20-12-15-32-18-20/h8,12,15,18,21-23,25,31H,9-11,13-14,16-17H2,1-7H3/t21-,22+,23+,25?,27+,28+,29?/m1/s1. The average Bonchev–Trinajstić information content (AvgIpc) is 3.35. The predicted octanol–water partition coefficient (Wildman–Crippen LogP) is 7.49. The van der Waals surface area contributed by atoms with Crippen molar-refractivity contribution in [2.24, 2.45) is 28.6 Å². The van der Waals surface area contributed by atoms with Crippen molar-refractivity contribution in [3.63, 3.8) is 0 Å². The van der Waals surface area contributed by atoms with Gasteiger partial charge < -0.3 is 9.52 Å². The molecule has 0 amide bonds. The number of ketones is 1. The van der Waals surface area contributed by atoms with Gasteiger partial charge in [-0.1, -0.05) is 59.4 Å². The van der Waals surface area contributed by atoms with Crippen molar-refractivity contribution in [3.05, 3.63) is 35.8 Å². The van der Waals surface area contributed by atoms with E-state index in [0.717, 1.165) is 44.1 Å². The van der Waals surface area contributed by atoms with Gasteiger partial charge in [-0.3, -0.25) is 4.79 Å². The van der Waals surface area contributed by atoms with Gasteiger partial charge in [-0.05, 0) is 72.8 Å². The van der Waals surface area contributed by atoms with E-state index in [1.807, 2.05) is 6.07 Å². The van der Waals surface area contributed by atoms with Crippen LogP contribution < -0.4 is 0 Å². The summed E-state index contributed by atoms with van der Waals surface area (Å²) >= 11 is 0. The SMILES string of the molecule is CC(C)(C)[Si](C)(C)C1C[C@@]2(C)C(=CC[C@@H]3[C@@H]2CC[C@@]2(C)[C@H]3CCC2(O)c2ccoc2)CC1=O. The monoisotopic (exact) mass is 468 g/mol. The van der Waals surface area contributed by atoms with Crippen LogP contribution in [-0.4, -0.2) is 19.0 Å². The maximum absolute atomic E-state index is 13.4. The number of furan rings is 1.